The van der Waals surface area contributed by atoms with Crippen LogP contribution in [0.25, 0.3) is 0 Å². The number of hydrogen-bond acceptors (Lipinski definition) is 3. The Labute approximate surface area is 70.2 Å². The third-order valence-electron chi connectivity index (χ3n) is 1.76. The molecular weight excluding hydrogens is 158 g/mol. The van der Waals surface area contributed by atoms with Gasteiger partial charge in [0.05, 0.1) is 6.26 Å². The van der Waals surface area contributed by atoms with E-state index in [0.29, 0.717) is 0 Å². The van der Waals surface area contributed by atoms with Gasteiger partial charge in [0.25, 0.3) is 0 Å². The van der Waals surface area contributed by atoms with E-state index in [-0.39, 0.29) is 11.8 Å². The summed E-state index contributed by atoms with van der Waals surface area (Å²) in [5, 5.41) is 11.5. The van der Waals surface area contributed by atoms with Crippen LogP contribution in [0, 0.1) is 0 Å². The molecule has 2 N–H and O–H groups in total. The Morgan fingerprint density at radius 3 is 2.83 bits per heavy atom. The molecule has 0 spiro atoms. The van der Waals surface area contributed by atoms with Crippen molar-refractivity contribution in [1.82, 2.24) is 5.32 Å². The van der Waals surface area contributed by atoms with Gasteiger partial charge in [-0.1, -0.05) is 0 Å². The molecule has 0 bridgehead atoms. The van der Waals surface area contributed by atoms with Crippen LogP contribution in [0.2, 0.25) is 0 Å². The monoisotopic (exact) mass is 169 g/mol. The van der Waals surface area contributed by atoms with Crippen molar-refractivity contribution in [2.45, 2.75) is 13.0 Å². The molecule has 0 aromatic carbocycles. The molecule has 12 heavy (non-hydrogen) atoms. The fourth-order valence-electron chi connectivity index (χ4n) is 0.857. The van der Waals surface area contributed by atoms with Crippen molar-refractivity contribution >= 4 is 5.97 Å². The Morgan fingerprint density at radius 2 is 2.42 bits per heavy atom. The lowest BCUT2D eigenvalue weighted by atomic mass is 10.2. The number of rotatable bonds is 3. The van der Waals surface area contributed by atoms with Crippen LogP contribution in [0.4, 0.5) is 0 Å². The van der Waals surface area contributed by atoms with Crippen LogP contribution in [0.1, 0.15) is 29.1 Å². The summed E-state index contributed by atoms with van der Waals surface area (Å²) >= 11 is 0. The van der Waals surface area contributed by atoms with Gasteiger partial charge < -0.3 is 14.8 Å². The maximum absolute atomic E-state index is 10.4. The lowest BCUT2D eigenvalue weighted by Gasteiger charge is -2.04. The van der Waals surface area contributed by atoms with Gasteiger partial charge in [0.2, 0.25) is 5.76 Å². The standard InChI is InChI=1S/C8H11NO3/c1-5(9-2)6-3-7(8(10)11)12-4-6/h3-5,9H,1-2H3,(H,10,11). The minimum atomic E-state index is -1.04. The molecule has 0 aliphatic carbocycles. The van der Waals surface area contributed by atoms with Crippen LogP contribution < -0.4 is 5.32 Å². The summed E-state index contributed by atoms with van der Waals surface area (Å²) in [6, 6.07) is 1.63. The molecular formula is C8H11NO3. The molecule has 0 aliphatic rings. The maximum Gasteiger partial charge on any atom is 0.371 e. The highest BCUT2D eigenvalue weighted by atomic mass is 16.4. The molecule has 0 saturated heterocycles. The van der Waals surface area contributed by atoms with Crippen molar-refractivity contribution in [1.29, 1.82) is 0 Å². The Kier molecular flexibility index (Phi) is 2.50. The van der Waals surface area contributed by atoms with Gasteiger partial charge >= 0.3 is 5.97 Å². The first-order chi connectivity index (χ1) is 5.65. The first-order valence-corrected chi connectivity index (χ1v) is 3.64. The minimum absolute atomic E-state index is 0.0212. The minimum Gasteiger partial charge on any atom is -0.475 e. The number of furan rings is 1. The number of carboxylic acid groups (broad SMARTS) is 1. The van der Waals surface area contributed by atoms with Gasteiger partial charge in [-0.2, -0.15) is 0 Å². The average Bonchev–Trinajstić information content (AvgIpc) is 2.51. The van der Waals surface area contributed by atoms with Gasteiger partial charge in [0.1, 0.15) is 0 Å². The molecule has 66 valence electrons. The number of hydrogen-bond donors (Lipinski definition) is 2. The van der Waals surface area contributed by atoms with Gasteiger partial charge in [-0.25, -0.2) is 4.79 Å². The molecule has 0 saturated carbocycles. The summed E-state index contributed by atoms with van der Waals surface area (Å²) in [5.74, 6) is -1.06. The lowest BCUT2D eigenvalue weighted by Crippen LogP contribution is -2.11. The maximum atomic E-state index is 10.4. The molecule has 1 rings (SSSR count). The predicted octanol–water partition coefficient (Wildman–Crippen LogP) is 1.26. The van der Waals surface area contributed by atoms with Crippen LogP contribution in [-0.2, 0) is 0 Å². The van der Waals surface area contributed by atoms with Crippen molar-refractivity contribution in [3.8, 4) is 0 Å². The molecule has 0 fully saturated rings. The van der Waals surface area contributed by atoms with Gasteiger partial charge in [-0.3, -0.25) is 0 Å². The molecule has 1 unspecified atom stereocenters. The van der Waals surface area contributed by atoms with Crippen molar-refractivity contribution in [3.63, 3.8) is 0 Å². The van der Waals surface area contributed by atoms with Crippen molar-refractivity contribution < 1.29 is 14.3 Å². The average molecular weight is 169 g/mol. The molecule has 0 amide bonds. The molecule has 0 aliphatic heterocycles. The number of aromatic carboxylic acids is 1. The quantitative estimate of drug-likeness (QED) is 0.715. The summed E-state index contributed by atoms with van der Waals surface area (Å²) in [6.07, 6.45) is 1.45. The van der Waals surface area contributed by atoms with Gasteiger partial charge in [0, 0.05) is 11.6 Å². The van der Waals surface area contributed by atoms with Gasteiger partial charge in [0.15, 0.2) is 0 Å². The number of carboxylic acids is 1. The van der Waals surface area contributed by atoms with Crippen LogP contribution in [0.5, 0.6) is 0 Å². The topological polar surface area (TPSA) is 62.5 Å². The van der Waals surface area contributed by atoms with Crippen LogP contribution in [0.15, 0.2) is 16.7 Å². The van der Waals surface area contributed by atoms with E-state index >= 15 is 0 Å². The number of nitrogens with one attached hydrogen (secondary N) is 1. The molecule has 1 aromatic rings. The molecule has 4 nitrogen and oxygen atoms in total. The SMILES string of the molecule is CNC(C)c1coc(C(=O)O)c1. The largest absolute Gasteiger partial charge is 0.475 e. The first kappa shape index (κ1) is 8.80. The van der Waals surface area contributed by atoms with Crippen LogP contribution in [-0.4, -0.2) is 18.1 Å². The Morgan fingerprint density at radius 1 is 1.75 bits per heavy atom. The molecule has 1 heterocycles. The normalized spacial score (nSPS) is 12.8. The third kappa shape index (κ3) is 1.65. The van der Waals surface area contributed by atoms with Crippen molar-refractivity contribution in [2.24, 2.45) is 0 Å². The lowest BCUT2D eigenvalue weighted by molar-refractivity contribution is 0.0662. The van der Waals surface area contributed by atoms with E-state index in [4.69, 9.17) is 9.52 Å². The fraction of sp³-hybridized carbons (Fsp3) is 0.375. The van der Waals surface area contributed by atoms with E-state index in [0.717, 1.165) is 5.56 Å². The highest BCUT2D eigenvalue weighted by Crippen LogP contribution is 2.15. The summed E-state index contributed by atoms with van der Waals surface area (Å²) < 4.78 is 4.81. The van der Waals surface area contributed by atoms with E-state index in [2.05, 4.69) is 5.32 Å². The zero-order valence-corrected chi connectivity index (χ0v) is 7.00. The smallest absolute Gasteiger partial charge is 0.371 e. The molecule has 1 aromatic heterocycles. The molecule has 4 heteroatoms. The Balaban J connectivity index is 2.84. The summed E-state index contributed by atoms with van der Waals surface area (Å²) in [5.41, 5.74) is 0.843. The summed E-state index contributed by atoms with van der Waals surface area (Å²) in [7, 11) is 1.80. The molecule has 0 radical (unpaired) electrons. The van der Waals surface area contributed by atoms with E-state index in [1.165, 1.54) is 12.3 Å². The van der Waals surface area contributed by atoms with Crippen LogP contribution in [0.3, 0.4) is 0 Å². The number of carbonyl (C=O) groups is 1. The van der Waals surface area contributed by atoms with E-state index < -0.39 is 5.97 Å². The fourth-order valence-corrected chi connectivity index (χ4v) is 0.857. The Bertz CT molecular complexity index is 280. The second-order valence-corrected chi connectivity index (χ2v) is 2.56. The zero-order chi connectivity index (χ0) is 9.14. The Hall–Kier alpha value is -1.29. The third-order valence-corrected chi connectivity index (χ3v) is 1.76. The molecule has 1 atom stereocenters. The second kappa shape index (κ2) is 3.40. The highest BCUT2D eigenvalue weighted by Gasteiger charge is 2.11. The van der Waals surface area contributed by atoms with E-state index in [1.54, 1.807) is 7.05 Å². The first-order valence-electron chi connectivity index (χ1n) is 3.64. The summed E-state index contributed by atoms with van der Waals surface area (Å²) in [4.78, 5) is 10.4. The van der Waals surface area contributed by atoms with Gasteiger partial charge in [-0.05, 0) is 20.0 Å². The van der Waals surface area contributed by atoms with E-state index in [1.807, 2.05) is 6.92 Å². The summed E-state index contributed by atoms with van der Waals surface area (Å²) in [6.45, 7) is 1.93. The van der Waals surface area contributed by atoms with Crippen molar-refractivity contribution in [2.75, 3.05) is 7.05 Å². The van der Waals surface area contributed by atoms with Gasteiger partial charge in [-0.15, -0.1) is 0 Å². The highest BCUT2D eigenvalue weighted by molar-refractivity contribution is 5.84. The van der Waals surface area contributed by atoms with Crippen molar-refractivity contribution in [3.05, 3.63) is 23.7 Å². The van der Waals surface area contributed by atoms with E-state index in [9.17, 15) is 4.79 Å². The predicted molar refractivity (Wildman–Crippen MR) is 43.1 cm³/mol. The second-order valence-electron chi connectivity index (χ2n) is 2.56. The van der Waals surface area contributed by atoms with Crippen LogP contribution >= 0.6 is 0 Å². The zero-order valence-electron chi connectivity index (χ0n) is 7.00.